The van der Waals surface area contributed by atoms with Gasteiger partial charge in [0.1, 0.15) is 11.6 Å². The molecule has 0 saturated heterocycles. The van der Waals surface area contributed by atoms with Crippen LogP contribution >= 0.6 is 0 Å². The van der Waals surface area contributed by atoms with E-state index in [0.29, 0.717) is 16.8 Å². The summed E-state index contributed by atoms with van der Waals surface area (Å²) in [6.45, 7) is 3.84. The number of hydrogen-bond acceptors (Lipinski definition) is 2. The molecule has 0 spiro atoms. The van der Waals surface area contributed by atoms with E-state index in [1.165, 1.54) is 24.3 Å². The highest BCUT2D eigenvalue weighted by molar-refractivity contribution is 5.87. The lowest BCUT2D eigenvalue weighted by atomic mass is 9.82. The molecule has 0 unspecified atom stereocenters. The molecule has 2 N–H and O–H groups in total. The molecule has 27 heavy (non-hydrogen) atoms. The average molecular weight is 379 g/mol. The van der Waals surface area contributed by atoms with Gasteiger partial charge in [0.15, 0.2) is 5.43 Å². The number of halogens is 4. The first-order valence-electron chi connectivity index (χ1n) is 8.15. The molecule has 0 amide bonds. The number of rotatable bonds is 2. The van der Waals surface area contributed by atoms with Gasteiger partial charge in [-0.1, -0.05) is 18.2 Å². The Bertz CT molecular complexity index is 1100. The standard InChI is InChI=1S/C20H17F4NO2/c1-10-6-11(19(2,3)20(22,23)24)4-5-13(10)14-9-17(27)18-15(25-14)7-12(21)8-16(18)26/h4-9,26H,1-3H3,(H,25,27). The quantitative estimate of drug-likeness (QED) is 0.602. The van der Waals surface area contributed by atoms with Crippen molar-refractivity contribution in [1.82, 2.24) is 4.98 Å². The average Bonchev–Trinajstić information content (AvgIpc) is 2.52. The van der Waals surface area contributed by atoms with Crippen molar-refractivity contribution in [2.24, 2.45) is 0 Å². The minimum absolute atomic E-state index is 0.0485. The van der Waals surface area contributed by atoms with Gasteiger partial charge >= 0.3 is 6.18 Å². The van der Waals surface area contributed by atoms with Crippen molar-refractivity contribution in [1.29, 1.82) is 0 Å². The Morgan fingerprint density at radius 2 is 1.70 bits per heavy atom. The highest BCUT2D eigenvalue weighted by Gasteiger charge is 2.48. The Morgan fingerprint density at radius 3 is 2.30 bits per heavy atom. The first kappa shape index (κ1) is 18.9. The van der Waals surface area contributed by atoms with E-state index in [4.69, 9.17) is 0 Å². The number of pyridine rings is 1. The van der Waals surface area contributed by atoms with Crippen LogP contribution in [0.3, 0.4) is 0 Å². The molecule has 3 rings (SSSR count). The lowest BCUT2D eigenvalue weighted by Gasteiger charge is -2.29. The molecule has 0 bridgehead atoms. The third-order valence-corrected chi connectivity index (χ3v) is 4.82. The van der Waals surface area contributed by atoms with E-state index in [2.05, 4.69) is 4.98 Å². The second-order valence-electron chi connectivity index (χ2n) is 7.05. The van der Waals surface area contributed by atoms with Crippen molar-refractivity contribution in [2.45, 2.75) is 32.4 Å². The molecule has 0 aliphatic rings. The molecule has 3 nitrogen and oxygen atoms in total. The number of aromatic nitrogens is 1. The lowest BCUT2D eigenvalue weighted by molar-refractivity contribution is -0.180. The van der Waals surface area contributed by atoms with Gasteiger partial charge in [-0.05, 0) is 38.0 Å². The van der Waals surface area contributed by atoms with Crippen LogP contribution in [0.15, 0.2) is 41.2 Å². The van der Waals surface area contributed by atoms with Gasteiger partial charge in [-0.2, -0.15) is 13.2 Å². The summed E-state index contributed by atoms with van der Waals surface area (Å²) < 4.78 is 53.4. The van der Waals surface area contributed by atoms with E-state index < -0.39 is 28.6 Å². The summed E-state index contributed by atoms with van der Waals surface area (Å²) in [7, 11) is 0. The van der Waals surface area contributed by atoms with Gasteiger partial charge in [0, 0.05) is 23.4 Å². The van der Waals surface area contributed by atoms with Crippen LogP contribution in [0.2, 0.25) is 0 Å². The van der Waals surface area contributed by atoms with Gasteiger partial charge in [0.2, 0.25) is 0 Å². The largest absolute Gasteiger partial charge is 0.507 e. The number of aryl methyl sites for hydroxylation is 1. The van der Waals surface area contributed by atoms with Crippen LogP contribution in [0, 0.1) is 12.7 Å². The number of fused-ring (bicyclic) bond motifs is 1. The number of hydrogen-bond donors (Lipinski definition) is 2. The highest BCUT2D eigenvalue weighted by Crippen LogP contribution is 2.41. The van der Waals surface area contributed by atoms with Crippen LogP contribution in [0.4, 0.5) is 17.6 Å². The van der Waals surface area contributed by atoms with Crippen LogP contribution in [-0.4, -0.2) is 16.3 Å². The van der Waals surface area contributed by atoms with Crippen LogP contribution in [-0.2, 0) is 5.41 Å². The summed E-state index contributed by atoms with van der Waals surface area (Å²) >= 11 is 0. The van der Waals surface area contributed by atoms with Crippen molar-refractivity contribution in [3.63, 3.8) is 0 Å². The van der Waals surface area contributed by atoms with Gasteiger partial charge in [0.25, 0.3) is 0 Å². The zero-order valence-electron chi connectivity index (χ0n) is 14.8. The first-order chi connectivity index (χ1) is 12.4. The molecule has 0 saturated carbocycles. The summed E-state index contributed by atoms with van der Waals surface area (Å²) in [5.41, 5.74) is -0.971. The summed E-state index contributed by atoms with van der Waals surface area (Å²) in [4.78, 5) is 15.2. The molecule has 3 aromatic rings. The Morgan fingerprint density at radius 1 is 1.04 bits per heavy atom. The van der Waals surface area contributed by atoms with Crippen molar-refractivity contribution >= 4 is 10.9 Å². The van der Waals surface area contributed by atoms with E-state index in [0.717, 1.165) is 26.0 Å². The fraction of sp³-hybridized carbons (Fsp3) is 0.250. The molecule has 7 heteroatoms. The van der Waals surface area contributed by atoms with Crippen LogP contribution in [0.1, 0.15) is 25.0 Å². The zero-order chi connectivity index (χ0) is 20.1. The van der Waals surface area contributed by atoms with Crippen LogP contribution in [0.25, 0.3) is 22.2 Å². The molecular weight excluding hydrogens is 362 g/mol. The normalized spacial score (nSPS) is 12.6. The molecule has 0 atom stereocenters. The maximum absolute atomic E-state index is 13.5. The number of alkyl halides is 3. The maximum Gasteiger partial charge on any atom is 0.397 e. The predicted octanol–water partition coefficient (Wildman–Crippen LogP) is 5.19. The summed E-state index contributed by atoms with van der Waals surface area (Å²) in [5.74, 6) is -1.19. The van der Waals surface area contributed by atoms with E-state index >= 15 is 0 Å². The Kier molecular flexibility index (Phi) is 4.29. The second kappa shape index (κ2) is 6.11. The van der Waals surface area contributed by atoms with E-state index in [1.807, 2.05) is 0 Å². The SMILES string of the molecule is Cc1cc(C(C)(C)C(F)(F)F)ccc1-c1cc(=O)c2c(O)cc(F)cc2[nH]1. The molecule has 142 valence electrons. The molecule has 2 aromatic carbocycles. The highest BCUT2D eigenvalue weighted by atomic mass is 19.4. The minimum atomic E-state index is -4.41. The van der Waals surface area contributed by atoms with Crippen molar-refractivity contribution < 1.29 is 22.7 Å². The first-order valence-corrected chi connectivity index (χ1v) is 8.15. The maximum atomic E-state index is 13.5. The Hall–Kier alpha value is -2.83. The van der Waals surface area contributed by atoms with Gasteiger partial charge in [0.05, 0.1) is 16.3 Å². The van der Waals surface area contributed by atoms with E-state index in [1.54, 1.807) is 6.92 Å². The summed E-state index contributed by atoms with van der Waals surface area (Å²) in [6, 6.07) is 7.44. The van der Waals surface area contributed by atoms with Gasteiger partial charge in [-0.25, -0.2) is 4.39 Å². The van der Waals surface area contributed by atoms with Gasteiger partial charge in [-0.3, -0.25) is 4.79 Å². The third-order valence-electron chi connectivity index (χ3n) is 4.82. The topological polar surface area (TPSA) is 53.1 Å². The zero-order valence-corrected chi connectivity index (χ0v) is 14.8. The second-order valence-corrected chi connectivity index (χ2v) is 7.05. The van der Waals surface area contributed by atoms with Crippen LogP contribution in [0.5, 0.6) is 5.75 Å². The number of aromatic amines is 1. The number of benzene rings is 2. The Labute approximate surface area is 152 Å². The number of phenols is 1. The lowest BCUT2D eigenvalue weighted by Crippen LogP contribution is -2.36. The smallest absolute Gasteiger partial charge is 0.397 e. The van der Waals surface area contributed by atoms with E-state index in [9.17, 15) is 27.5 Å². The number of phenolic OH excluding ortho intramolecular Hbond substituents is 1. The minimum Gasteiger partial charge on any atom is -0.507 e. The van der Waals surface area contributed by atoms with Crippen molar-refractivity contribution in [3.05, 3.63) is 63.6 Å². The summed E-state index contributed by atoms with van der Waals surface area (Å²) in [6.07, 6.45) is -4.41. The number of nitrogens with one attached hydrogen (secondary N) is 1. The predicted molar refractivity (Wildman–Crippen MR) is 95.4 cm³/mol. The molecular formula is C20H17F4NO2. The Balaban J connectivity index is 2.17. The fourth-order valence-corrected chi connectivity index (χ4v) is 3.00. The molecule has 0 aliphatic carbocycles. The molecule has 0 radical (unpaired) electrons. The molecule has 0 aliphatic heterocycles. The van der Waals surface area contributed by atoms with Crippen LogP contribution < -0.4 is 5.43 Å². The molecule has 1 aromatic heterocycles. The number of H-pyrrole nitrogens is 1. The van der Waals surface area contributed by atoms with Gasteiger partial charge < -0.3 is 10.1 Å². The number of aromatic hydroxyl groups is 1. The van der Waals surface area contributed by atoms with Crippen molar-refractivity contribution in [3.8, 4) is 17.0 Å². The monoisotopic (exact) mass is 379 g/mol. The van der Waals surface area contributed by atoms with Gasteiger partial charge in [-0.15, -0.1) is 0 Å². The fourth-order valence-electron chi connectivity index (χ4n) is 3.00. The molecule has 0 fully saturated rings. The molecule has 1 heterocycles. The van der Waals surface area contributed by atoms with Crippen molar-refractivity contribution in [2.75, 3.05) is 0 Å². The summed E-state index contributed by atoms with van der Waals surface area (Å²) in [5, 5.41) is 9.74. The third kappa shape index (κ3) is 3.18. The van der Waals surface area contributed by atoms with E-state index in [-0.39, 0.29) is 16.5 Å².